The second kappa shape index (κ2) is 15.3. The Morgan fingerprint density at radius 2 is 1.62 bits per heavy atom. The van der Waals surface area contributed by atoms with E-state index in [0.29, 0.717) is 18.5 Å². The van der Waals surface area contributed by atoms with Gasteiger partial charge in [-0.3, -0.25) is 13.9 Å². The van der Waals surface area contributed by atoms with Gasteiger partial charge in [0.2, 0.25) is 21.8 Å². The van der Waals surface area contributed by atoms with E-state index < -0.39 is 16.1 Å². The molecule has 42 heavy (non-hydrogen) atoms. The first kappa shape index (κ1) is 33.3. The highest BCUT2D eigenvalue weighted by Crippen LogP contribution is 2.25. The summed E-state index contributed by atoms with van der Waals surface area (Å²) in [6, 6.07) is 22.3. The first-order valence-corrected chi connectivity index (χ1v) is 17.0. The first-order valence-electron chi connectivity index (χ1n) is 14.3. The molecule has 0 fully saturated rings. The van der Waals surface area contributed by atoms with Gasteiger partial charge in [0.05, 0.1) is 11.9 Å². The van der Waals surface area contributed by atoms with Gasteiger partial charge < -0.3 is 10.2 Å². The summed E-state index contributed by atoms with van der Waals surface area (Å²) in [4.78, 5) is 29.3. The van der Waals surface area contributed by atoms with E-state index >= 15 is 0 Å². The van der Waals surface area contributed by atoms with Crippen molar-refractivity contribution in [3.63, 3.8) is 0 Å². The largest absolute Gasteiger partial charge is 0.352 e. The van der Waals surface area contributed by atoms with Crippen LogP contribution in [0.25, 0.3) is 0 Å². The molecule has 3 aromatic carbocycles. The number of amides is 2. The zero-order valence-electron chi connectivity index (χ0n) is 25.1. The summed E-state index contributed by atoms with van der Waals surface area (Å²) >= 11 is 3.47. The number of hydrogen-bond donors (Lipinski definition) is 1. The zero-order chi connectivity index (χ0) is 30.9. The maximum Gasteiger partial charge on any atom is 0.243 e. The van der Waals surface area contributed by atoms with Gasteiger partial charge >= 0.3 is 0 Å². The van der Waals surface area contributed by atoms with E-state index in [2.05, 4.69) is 21.2 Å². The highest BCUT2D eigenvalue weighted by Gasteiger charge is 2.31. The maximum absolute atomic E-state index is 14.0. The number of carbonyl (C=O) groups is 2. The predicted molar refractivity (Wildman–Crippen MR) is 174 cm³/mol. The van der Waals surface area contributed by atoms with Crippen LogP contribution in [0.1, 0.15) is 55.4 Å². The molecule has 2 unspecified atom stereocenters. The van der Waals surface area contributed by atoms with E-state index in [0.717, 1.165) is 33.1 Å². The number of nitrogens with one attached hydrogen (secondary N) is 1. The van der Waals surface area contributed by atoms with Gasteiger partial charge in [-0.05, 0) is 74.1 Å². The number of rotatable bonds is 14. The van der Waals surface area contributed by atoms with Crippen LogP contribution >= 0.6 is 15.9 Å². The Bertz CT molecular complexity index is 1450. The monoisotopic (exact) mass is 655 g/mol. The molecule has 0 aliphatic carbocycles. The number of aryl methyl sites for hydroxylation is 2. The fraction of sp³-hybridized carbons (Fsp3) is 0.394. The fourth-order valence-electron chi connectivity index (χ4n) is 4.75. The molecule has 0 aliphatic rings. The van der Waals surface area contributed by atoms with Crippen LogP contribution in [0.15, 0.2) is 77.3 Å². The van der Waals surface area contributed by atoms with Crippen LogP contribution in [0.4, 0.5) is 5.69 Å². The van der Waals surface area contributed by atoms with Crippen LogP contribution in [-0.2, 0) is 32.6 Å². The normalized spacial score (nSPS) is 12.8. The third-order valence-electron chi connectivity index (χ3n) is 7.32. The third kappa shape index (κ3) is 9.70. The van der Waals surface area contributed by atoms with Crippen molar-refractivity contribution in [3.8, 4) is 0 Å². The van der Waals surface area contributed by atoms with E-state index in [9.17, 15) is 18.0 Å². The SMILES string of the molecule is CCC(C)NC(=O)C(Cc1ccccc1)N(Cc1ccc(Br)cc1)C(=O)CCCN(c1cc(C)ccc1C)S(C)(=O)=O. The van der Waals surface area contributed by atoms with Crippen LogP contribution in [0.2, 0.25) is 0 Å². The van der Waals surface area contributed by atoms with Crippen molar-refractivity contribution in [1.82, 2.24) is 10.2 Å². The standard InChI is InChI=1S/C33H42BrN3O4S/c1-6-26(4)35-33(39)31(22-27-11-8-7-9-12-27)36(23-28-16-18-29(34)19-17-28)32(38)13-10-20-37(42(5,40)41)30-21-24(2)14-15-25(30)3/h7-9,11-12,14-19,21,26,31H,6,10,13,20,22-23H2,1-5H3,(H,35,39). The molecule has 226 valence electrons. The summed E-state index contributed by atoms with van der Waals surface area (Å²) in [6.07, 6.45) is 2.72. The average Bonchev–Trinajstić information content (AvgIpc) is 2.95. The minimum atomic E-state index is -3.58. The second-order valence-electron chi connectivity index (χ2n) is 10.9. The number of sulfonamides is 1. The minimum Gasteiger partial charge on any atom is -0.352 e. The van der Waals surface area contributed by atoms with Crippen molar-refractivity contribution in [2.45, 2.75) is 72.0 Å². The van der Waals surface area contributed by atoms with Gasteiger partial charge in [0, 0.05) is 36.4 Å². The van der Waals surface area contributed by atoms with Gasteiger partial charge in [0.1, 0.15) is 6.04 Å². The first-order chi connectivity index (χ1) is 19.9. The average molecular weight is 657 g/mol. The fourth-order valence-corrected chi connectivity index (χ4v) is 6.03. The van der Waals surface area contributed by atoms with Crippen molar-refractivity contribution < 1.29 is 18.0 Å². The predicted octanol–water partition coefficient (Wildman–Crippen LogP) is 6.17. The van der Waals surface area contributed by atoms with Crippen molar-refractivity contribution >= 4 is 43.5 Å². The molecule has 2 atom stereocenters. The molecule has 2 amide bonds. The Kier molecular flexibility index (Phi) is 12.2. The van der Waals surface area contributed by atoms with E-state index in [4.69, 9.17) is 0 Å². The van der Waals surface area contributed by atoms with Crippen molar-refractivity contribution in [2.24, 2.45) is 0 Å². The molecule has 0 aliphatic heterocycles. The molecule has 9 heteroatoms. The molecule has 3 aromatic rings. The highest BCUT2D eigenvalue weighted by molar-refractivity contribution is 9.10. The Hall–Kier alpha value is -3.17. The van der Waals surface area contributed by atoms with E-state index in [-0.39, 0.29) is 37.4 Å². The molecule has 0 radical (unpaired) electrons. The third-order valence-corrected chi connectivity index (χ3v) is 9.03. The Morgan fingerprint density at radius 3 is 2.24 bits per heavy atom. The summed E-state index contributed by atoms with van der Waals surface area (Å²) in [5.41, 5.74) is 4.27. The Balaban J connectivity index is 1.90. The summed E-state index contributed by atoms with van der Waals surface area (Å²) in [7, 11) is -3.58. The van der Waals surface area contributed by atoms with Crippen LogP contribution in [0, 0.1) is 13.8 Å². The molecule has 0 bridgehead atoms. The van der Waals surface area contributed by atoms with Crippen LogP contribution in [0.3, 0.4) is 0 Å². The quantitative estimate of drug-likeness (QED) is 0.225. The summed E-state index contributed by atoms with van der Waals surface area (Å²) in [5.74, 6) is -0.403. The second-order valence-corrected chi connectivity index (χ2v) is 13.7. The number of nitrogens with zero attached hydrogens (tertiary/aromatic N) is 2. The van der Waals surface area contributed by atoms with Crippen molar-refractivity contribution in [2.75, 3.05) is 17.1 Å². The molecule has 7 nitrogen and oxygen atoms in total. The maximum atomic E-state index is 14.0. The molecule has 0 saturated carbocycles. The molecule has 0 aromatic heterocycles. The van der Waals surface area contributed by atoms with E-state index in [1.54, 1.807) is 4.90 Å². The molecule has 0 saturated heterocycles. The van der Waals surface area contributed by atoms with Gasteiger partial charge in [-0.25, -0.2) is 8.42 Å². The van der Waals surface area contributed by atoms with Crippen molar-refractivity contribution in [3.05, 3.63) is 99.5 Å². The van der Waals surface area contributed by atoms with E-state index in [1.165, 1.54) is 10.6 Å². The van der Waals surface area contributed by atoms with Gasteiger partial charge in [-0.2, -0.15) is 0 Å². The zero-order valence-corrected chi connectivity index (χ0v) is 27.5. The number of benzene rings is 3. The minimum absolute atomic E-state index is 0.0405. The van der Waals surface area contributed by atoms with Gasteiger partial charge in [0.15, 0.2) is 0 Å². The van der Waals surface area contributed by atoms with Gasteiger partial charge in [-0.15, -0.1) is 0 Å². The van der Waals surface area contributed by atoms with Gasteiger partial charge in [-0.1, -0.05) is 77.5 Å². The van der Waals surface area contributed by atoms with Gasteiger partial charge in [0.25, 0.3) is 0 Å². The number of halogens is 1. The topological polar surface area (TPSA) is 86.8 Å². The molecule has 0 spiro atoms. The molecular weight excluding hydrogens is 614 g/mol. The van der Waals surface area contributed by atoms with Crippen molar-refractivity contribution in [1.29, 1.82) is 0 Å². The number of carbonyl (C=O) groups excluding carboxylic acids is 2. The van der Waals surface area contributed by atoms with Crippen LogP contribution in [-0.4, -0.2) is 50.0 Å². The molecule has 1 N–H and O–H groups in total. The summed E-state index contributed by atoms with van der Waals surface area (Å²) in [6.45, 7) is 8.16. The lowest BCUT2D eigenvalue weighted by Crippen LogP contribution is -2.52. The number of anilines is 1. The molecule has 3 rings (SSSR count). The number of hydrogen-bond acceptors (Lipinski definition) is 4. The Labute approximate surface area is 259 Å². The highest BCUT2D eigenvalue weighted by atomic mass is 79.9. The van der Waals surface area contributed by atoms with Crippen LogP contribution < -0.4 is 9.62 Å². The van der Waals surface area contributed by atoms with Crippen LogP contribution in [0.5, 0.6) is 0 Å². The van der Waals surface area contributed by atoms with E-state index in [1.807, 2.05) is 100 Å². The lowest BCUT2D eigenvalue weighted by molar-refractivity contribution is -0.141. The lowest BCUT2D eigenvalue weighted by Gasteiger charge is -2.33. The molecule has 0 heterocycles. The summed E-state index contributed by atoms with van der Waals surface area (Å²) < 4.78 is 27.9. The summed E-state index contributed by atoms with van der Waals surface area (Å²) in [5, 5.41) is 3.08. The lowest BCUT2D eigenvalue weighted by atomic mass is 10.0. The Morgan fingerprint density at radius 1 is 0.952 bits per heavy atom. The molecular formula is C33H42BrN3O4S. The smallest absolute Gasteiger partial charge is 0.243 e.